The van der Waals surface area contributed by atoms with Crippen LogP contribution in [0.15, 0.2) is 122 Å². The number of rotatable bonds is 61. The summed E-state index contributed by atoms with van der Waals surface area (Å²) in [5, 5.41) is 0. The second-order valence-corrected chi connectivity index (χ2v) is 22.3. The zero-order valence-electron chi connectivity index (χ0n) is 53.0. The molecule has 81 heavy (non-hydrogen) atoms. The Morgan fingerprint density at radius 3 is 0.802 bits per heavy atom. The first-order chi connectivity index (χ1) is 40.0. The van der Waals surface area contributed by atoms with E-state index in [2.05, 4.69) is 142 Å². The van der Waals surface area contributed by atoms with Gasteiger partial charge in [-0.15, -0.1) is 0 Å². The van der Waals surface area contributed by atoms with Crippen LogP contribution in [0.4, 0.5) is 0 Å². The van der Waals surface area contributed by atoms with E-state index < -0.39 is 6.10 Å². The van der Waals surface area contributed by atoms with Crippen molar-refractivity contribution in [1.82, 2.24) is 0 Å². The van der Waals surface area contributed by atoms with E-state index >= 15 is 0 Å². The molecule has 0 radical (unpaired) electrons. The summed E-state index contributed by atoms with van der Waals surface area (Å²) in [6.45, 7) is 6.40. The summed E-state index contributed by atoms with van der Waals surface area (Å²) in [5.74, 6) is -0.961. The zero-order chi connectivity index (χ0) is 58.5. The van der Waals surface area contributed by atoms with Gasteiger partial charge in [0.25, 0.3) is 0 Å². The van der Waals surface area contributed by atoms with Crippen LogP contribution in [0.1, 0.15) is 316 Å². The molecule has 0 saturated carbocycles. The molecule has 0 spiro atoms. The Morgan fingerprint density at radius 2 is 0.494 bits per heavy atom. The molecule has 6 heteroatoms. The fourth-order valence-corrected chi connectivity index (χ4v) is 9.45. The van der Waals surface area contributed by atoms with E-state index in [0.29, 0.717) is 19.3 Å². The quantitative estimate of drug-likeness (QED) is 0.0261. The first kappa shape index (κ1) is 76.8. The van der Waals surface area contributed by atoms with Crippen molar-refractivity contribution in [3.05, 3.63) is 122 Å². The van der Waals surface area contributed by atoms with E-state index in [0.717, 1.165) is 116 Å². The van der Waals surface area contributed by atoms with Crippen molar-refractivity contribution >= 4 is 17.9 Å². The molecule has 0 aliphatic rings. The molecule has 0 fully saturated rings. The average Bonchev–Trinajstić information content (AvgIpc) is 3.47. The Hall–Kier alpha value is -4.19. The normalized spacial score (nSPS) is 12.9. The molecule has 0 amide bonds. The minimum atomic E-state index is -0.810. The largest absolute Gasteiger partial charge is 0.462 e. The van der Waals surface area contributed by atoms with Crippen molar-refractivity contribution < 1.29 is 28.6 Å². The third kappa shape index (κ3) is 66.5. The summed E-state index contributed by atoms with van der Waals surface area (Å²) in [6.07, 6.45) is 95.1. The van der Waals surface area contributed by atoms with Gasteiger partial charge in [-0.2, -0.15) is 0 Å². The Bertz CT molecular complexity index is 1670. The molecule has 462 valence electrons. The van der Waals surface area contributed by atoms with Crippen molar-refractivity contribution in [2.75, 3.05) is 13.2 Å². The lowest BCUT2D eigenvalue weighted by Crippen LogP contribution is -2.30. The summed E-state index contributed by atoms with van der Waals surface area (Å²) >= 11 is 0. The van der Waals surface area contributed by atoms with E-state index in [1.165, 1.54) is 154 Å². The van der Waals surface area contributed by atoms with Gasteiger partial charge in [0.15, 0.2) is 6.10 Å². The molecule has 1 atom stereocenters. The van der Waals surface area contributed by atoms with Gasteiger partial charge in [0, 0.05) is 19.3 Å². The van der Waals surface area contributed by atoms with Gasteiger partial charge in [0.2, 0.25) is 0 Å². The predicted octanol–water partition coefficient (Wildman–Crippen LogP) is 23.6. The Morgan fingerprint density at radius 1 is 0.259 bits per heavy atom. The number of ether oxygens (including phenoxy) is 3. The van der Waals surface area contributed by atoms with Gasteiger partial charge in [-0.05, 0) is 103 Å². The number of unbranched alkanes of at least 4 members (excludes halogenated alkanes) is 30. The van der Waals surface area contributed by atoms with Crippen LogP contribution in [0.5, 0.6) is 0 Å². The summed E-state index contributed by atoms with van der Waals surface area (Å²) in [6, 6.07) is 0. The monoisotopic (exact) mass is 1120 g/mol. The van der Waals surface area contributed by atoms with Gasteiger partial charge in [-0.1, -0.05) is 316 Å². The van der Waals surface area contributed by atoms with Crippen LogP contribution < -0.4 is 0 Å². The first-order valence-corrected chi connectivity index (χ1v) is 34.0. The molecule has 0 saturated heterocycles. The first-order valence-electron chi connectivity index (χ1n) is 34.0. The minimum absolute atomic E-state index is 0.102. The van der Waals surface area contributed by atoms with Crippen LogP contribution in [0.2, 0.25) is 0 Å². The van der Waals surface area contributed by atoms with E-state index in [1.54, 1.807) is 0 Å². The van der Waals surface area contributed by atoms with Crippen molar-refractivity contribution in [2.24, 2.45) is 0 Å². The smallest absolute Gasteiger partial charge is 0.306 e. The van der Waals surface area contributed by atoms with Gasteiger partial charge < -0.3 is 14.2 Å². The number of carbonyl (C=O) groups is 3. The Kier molecular flexibility index (Phi) is 64.8. The van der Waals surface area contributed by atoms with Crippen LogP contribution >= 0.6 is 0 Å². The molecule has 0 heterocycles. The maximum Gasteiger partial charge on any atom is 0.306 e. The second-order valence-electron chi connectivity index (χ2n) is 22.3. The molecule has 0 N–H and O–H groups in total. The highest BCUT2D eigenvalue weighted by Crippen LogP contribution is 2.17. The summed E-state index contributed by atoms with van der Waals surface area (Å²) in [4.78, 5) is 38.4. The highest BCUT2D eigenvalue weighted by atomic mass is 16.6. The van der Waals surface area contributed by atoms with E-state index in [-0.39, 0.29) is 37.5 Å². The van der Waals surface area contributed by atoms with E-state index in [4.69, 9.17) is 14.2 Å². The Labute approximate surface area is 501 Å². The lowest BCUT2D eigenvalue weighted by atomic mass is 10.0. The third-order valence-electron chi connectivity index (χ3n) is 14.5. The molecular formula is C75H126O6. The lowest BCUT2D eigenvalue weighted by molar-refractivity contribution is -0.167. The van der Waals surface area contributed by atoms with E-state index in [9.17, 15) is 14.4 Å². The fourth-order valence-electron chi connectivity index (χ4n) is 9.45. The topological polar surface area (TPSA) is 78.9 Å². The third-order valence-corrected chi connectivity index (χ3v) is 14.5. The number of hydrogen-bond acceptors (Lipinski definition) is 6. The molecule has 0 aromatic heterocycles. The van der Waals surface area contributed by atoms with E-state index in [1.807, 2.05) is 0 Å². The van der Waals surface area contributed by atoms with Gasteiger partial charge in [-0.3, -0.25) is 14.4 Å². The minimum Gasteiger partial charge on any atom is -0.462 e. The van der Waals surface area contributed by atoms with Crippen LogP contribution in [0, 0.1) is 0 Å². The number of hydrogen-bond donors (Lipinski definition) is 0. The zero-order valence-corrected chi connectivity index (χ0v) is 53.0. The maximum absolute atomic E-state index is 13.0. The van der Waals surface area contributed by atoms with Gasteiger partial charge in [0.1, 0.15) is 13.2 Å². The number of carbonyl (C=O) groups excluding carboxylic acids is 3. The second kappa shape index (κ2) is 68.3. The SMILES string of the molecule is CC/C=C\C/C=C\C/C=C\C/C=C\C/C=C\C/C=C\C/C=C\CCCC(=O)OCC(COC(=O)CCCCCCCCC/C=C\C/C=C\C/C=C\CC)OC(=O)CCCCCCCCCCCCCCCCCCCCCCCCC. The lowest BCUT2D eigenvalue weighted by Gasteiger charge is -2.18. The van der Waals surface area contributed by atoms with Crippen LogP contribution in [-0.4, -0.2) is 37.2 Å². The molecule has 0 aromatic rings. The van der Waals surface area contributed by atoms with Crippen molar-refractivity contribution in [1.29, 1.82) is 0 Å². The molecular weight excluding hydrogens is 997 g/mol. The van der Waals surface area contributed by atoms with Crippen LogP contribution in [-0.2, 0) is 28.6 Å². The maximum atomic E-state index is 13.0. The standard InChI is InChI=1S/C75H126O6/c1-4-7-10-13-16-19-22-25-28-31-33-35-37-39-41-44-47-50-53-56-59-62-65-68-74(77)80-71-72(70-79-73(76)67-64-61-58-55-52-49-46-43-30-27-24-21-18-15-12-9-6-3)81-75(78)69-66-63-60-57-54-51-48-45-42-40-38-36-34-32-29-26-23-20-17-14-11-8-5-2/h7,9-10,12,16,18-19,21,25,27-28,30,33,35,39,41,47,50,56,59,72H,4-6,8,11,13-15,17,20,22-24,26,29,31-32,34,36-38,40,42-46,48-49,51-55,57-58,60-71H2,1-3H3/b10-7-,12-9-,19-16-,21-18-,28-25-,30-27-,35-33-,41-39-,50-47-,59-56-. The van der Waals surface area contributed by atoms with Crippen molar-refractivity contribution in [3.8, 4) is 0 Å². The van der Waals surface area contributed by atoms with Crippen LogP contribution in [0.3, 0.4) is 0 Å². The number of allylic oxidation sites excluding steroid dienone is 20. The van der Waals surface area contributed by atoms with Gasteiger partial charge in [-0.25, -0.2) is 0 Å². The highest BCUT2D eigenvalue weighted by Gasteiger charge is 2.19. The average molecular weight is 1120 g/mol. The van der Waals surface area contributed by atoms with Gasteiger partial charge in [0.05, 0.1) is 0 Å². The van der Waals surface area contributed by atoms with Gasteiger partial charge >= 0.3 is 17.9 Å². The molecule has 6 nitrogen and oxygen atoms in total. The van der Waals surface area contributed by atoms with Crippen LogP contribution in [0.25, 0.3) is 0 Å². The summed E-state index contributed by atoms with van der Waals surface area (Å²) < 4.78 is 16.9. The molecule has 0 bridgehead atoms. The Balaban J connectivity index is 4.46. The summed E-state index contributed by atoms with van der Waals surface area (Å²) in [7, 11) is 0. The molecule has 1 unspecified atom stereocenters. The molecule has 0 aliphatic heterocycles. The molecule has 0 aliphatic carbocycles. The highest BCUT2D eigenvalue weighted by molar-refractivity contribution is 5.71. The molecule has 0 aromatic carbocycles. The van der Waals surface area contributed by atoms with Crippen molar-refractivity contribution in [3.63, 3.8) is 0 Å². The van der Waals surface area contributed by atoms with Crippen molar-refractivity contribution in [2.45, 2.75) is 322 Å². The predicted molar refractivity (Wildman–Crippen MR) is 353 cm³/mol. The fraction of sp³-hybridized carbons (Fsp3) is 0.693. The summed E-state index contributed by atoms with van der Waals surface area (Å²) in [5.41, 5.74) is 0. The molecule has 0 rings (SSSR count). The number of esters is 3.